The van der Waals surface area contributed by atoms with Crippen molar-refractivity contribution in [2.45, 2.75) is 37.2 Å². The minimum atomic E-state index is -3.50. The van der Waals surface area contributed by atoms with Crippen LogP contribution in [0.5, 0.6) is 0 Å². The average molecular weight is 436 g/mol. The van der Waals surface area contributed by atoms with Crippen LogP contribution < -0.4 is 10.0 Å². The highest BCUT2D eigenvalue weighted by atomic mass is 32.2. The fourth-order valence-corrected chi connectivity index (χ4v) is 6.07. The molecule has 8 nitrogen and oxygen atoms in total. The molecule has 2 N–H and O–H groups in total. The maximum Gasteiger partial charge on any atom is 0.244 e. The lowest BCUT2D eigenvalue weighted by atomic mass is 9.93. The number of fused-ring (bicyclic) bond motifs is 1. The van der Waals surface area contributed by atoms with E-state index in [9.17, 15) is 13.2 Å². The van der Waals surface area contributed by atoms with Crippen molar-refractivity contribution in [1.82, 2.24) is 19.4 Å². The van der Waals surface area contributed by atoms with Crippen LogP contribution in [0.15, 0.2) is 29.2 Å². The summed E-state index contributed by atoms with van der Waals surface area (Å²) in [5.41, 5.74) is 0.655. The van der Waals surface area contributed by atoms with Gasteiger partial charge in [-0.15, -0.1) is 0 Å². The van der Waals surface area contributed by atoms with Gasteiger partial charge in [0.1, 0.15) is 4.90 Å². The Labute approximate surface area is 179 Å². The van der Waals surface area contributed by atoms with E-state index >= 15 is 0 Å². The first-order valence-electron chi connectivity index (χ1n) is 11.1. The summed E-state index contributed by atoms with van der Waals surface area (Å²) in [7, 11) is -3.50. The predicted molar refractivity (Wildman–Crippen MR) is 117 cm³/mol. The summed E-state index contributed by atoms with van der Waals surface area (Å²) in [6.07, 6.45) is 1.84. The number of likely N-dealkylation sites (tertiary alicyclic amines) is 1. The molecule has 2 saturated heterocycles. The molecule has 1 amide bonds. The molecule has 2 fully saturated rings. The summed E-state index contributed by atoms with van der Waals surface area (Å²) in [5, 5.41) is 3.34. The van der Waals surface area contributed by atoms with Gasteiger partial charge in [0.15, 0.2) is 0 Å². The standard InChI is InChI=1S/C21H33N5O3S/c1-2-24-13-15-25(16-14-24)10-9-20(27)26-11-7-17(8-12-26)21-22-18-5-3-4-6-19(18)30(28,29)23-21/h3-6,17,21-23H,2,7-16H2,1H3/t21-/m1/s1. The number of piperidine rings is 1. The van der Waals surface area contributed by atoms with Gasteiger partial charge in [-0.05, 0) is 37.4 Å². The van der Waals surface area contributed by atoms with Crippen molar-refractivity contribution in [2.24, 2.45) is 5.92 Å². The highest BCUT2D eigenvalue weighted by Gasteiger charge is 2.35. The van der Waals surface area contributed by atoms with Gasteiger partial charge < -0.3 is 20.0 Å². The Hall–Kier alpha value is -1.68. The minimum absolute atomic E-state index is 0.166. The molecule has 3 aliphatic rings. The zero-order valence-corrected chi connectivity index (χ0v) is 18.5. The van der Waals surface area contributed by atoms with Crippen molar-refractivity contribution in [3.8, 4) is 0 Å². The largest absolute Gasteiger partial charge is 0.368 e. The zero-order valence-electron chi connectivity index (χ0n) is 17.7. The van der Waals surface area contributed by atoms with Gasteiger partial charge >= 0.3 is 0 Å². The number of nitrogens with one attached hydrogen (secondary N) is 2. The van der Waals surface area contributed by atoms with Gasteiger partial charge in [-0.2, -0.15) is 4.72 Å². The van der Waals surface area contributed by atoms with Crippen molar-refractivity contribution in [2.75, 3.05) is 57.7 Å². The van der Waals surface area contributed by atoms with E-state index in [0.29, 0.717) is 30.1 Å². The molecule has 0 bridgehead atoms. The Balaban J connectivity index is 1.25. The van der Waals surface area contributed by atoms with Crippen LogP contribution in [0.25, 0.3) is 0 Å². The quantitative estimate of drug-likeness (QED) is 0.717. The summed E-state index contributed by atoms with van der Waals surface area (Å²) in [4.78, 5) is 19.7. The van der Waals surface area contributed by atoms with E-state index in [0.717, 1.165) is 52.1 Å². The third kappa shape index (κ3) is 4.80. The van der Waals surface area contributed by atoms with Crippen LogP contribution in [-0.4, -0.2) is 87.5 Å². The number of hydrogen-bond donors (Lipinski definition) is 2. The smallest absolute Gasteiger partial charge is 0.244 e. The normalized spacial score (nSPS) is 25.5. The Kier molecular flexibility index (Phi) is 6.62. The lowest BCUT2D eigenvalue weighted by Crippen LogP contribution is -2.52. The van der Waals surface area contributed by atoms with Crippen molar-refractivity contribution in [3.63, 3.8) is 0 Å². The molecular formula is C21H33N5O3S. The number of piperazine rings is 1. The second-order valence-electron chi connectivity index (χ2n) is 8.48. The number of likely N-dealkylation sites (N-methyl/N-ethyl adjacent to an activating group) is 1. The Morgan fingerprint density at radius 2 is 1.70 bits per heavy atom. The van der Waals surface area contributed by atoms with Gasteiger partial charge in [0.2, 0.25) is 15.9 Å². The molecule has 0 unspecified atom stereocenters. The summed E-state index contributed by atoms with van der Waals surface area (Å²) >= 11 is 0. The van der Waals surface area contributed by atoms with Gasteiger partial charge in [0.05, 0.1) is 11.9 Å². The fraction of sp³-hybridized carbons (Fsp3) is 0.667. The van der Waals surface area contributed by atoms with Crippen LogP contribution in [0.4, 0.5) is 5.69 Å². The molecule has 0 radical (unpaired) electrons. The predicted octanol–water partition coefficient (Wildman–Crippen LogP) is 0.983. The number of carbonyl (C=O) groups is 1. The first-order valence-corrected chi connectivity index (χ1v) is 12.5. The molecule has 3 heterocycles. The molecule has 4 rings (SSSR count). The number of rotatable bonds is 5. The van der Waals surface area contributed by atoms with E-state index in [1.54, 1.807) is 18.2 Å². The van der Waals surface area contributed by atoms with Crippen molar-refractivity contribution in [3.05, 3.63) is 24.3 Å². The van der Waals surface area contributed by atoms with Gasteiger partial charge in [-0.3, -0.25) is 4.79 Å². The molecule has 30 heavy (non-hydrogen) atoms. The second kappa shape index (κ2) is 9.21. The number of anilines is 1. The third-order valence-corrected chi connectivity index (χ3v) is 8.19. The molecular weight excluding hydrogens is 402 g/mol. The number of benzene rings is 1. The molecule has 0 aromatic heterocycles. The molecule has 1 aromatic carbocycles. The summed E-state index contributed by atoms with van der Waals surface area (Å²) in [6, 6.07) is 6.99. The highest BCUT2D eigenvalue weighted by molar-refractivity contribution is 7.89. The monoisotopic (exact) mass is 435 g/mol. The number of nitrogens with zero attached hydrogens (tertiary/aromatic N) is 3. The number of amides is 1. The van der Waals surface area contributed by atoms with E-state index in [-0.39, 0.29) is 18.0 Å². The van der Waals surface area contributed by atoms with Gasteiger partial charge in [-0.25, -0.2) is 8.42 Å². The summed E-state index contributed by atoms with van der Waals surface area (Å²) < 4.78 is 27.9. The van der Waals surface area contributed by atoms with Crippen LogP contribution in [-0.2, 0) is 14.8 Å². The molecule has 0 aliphatic carbocycles. The number of hydrogen-bond acceptors (Lipinski definition) is 6. The van der Waals surface area contributed by atoms with Crippen molar-refractivity contribution in [1.29, 1.82) is 0 Å². The molecule has 3 aliphatic heterocycles. The SMILES string of the molecule is CCN1CCN(CCC(=O)N2CCC([C@@H]3Nc4ccccc4S(=O)(=O)N3)CC2)CC1. The van der Waals surface area contributed by atoms with Crippen LogP contribution >= 0.6 is 0 Å². The van der Waals surface area contributed by atoms with Crippen LogP contribution in [0.3, 0.4) is 0 Å². The van der Waals surface area contributed by atoms with Gasteiger partial charge in [0, 0.05) is 52.2 Å². The maximum absolute atomic E-state index is 12.7. The van der Waals surface area contributed by atoms with E-state index < -0.39 is 10.0 Å². The number of carbonyl (C=O) groups excluding carboxylic acids is 1. The van der Waals surface area contributed by atoms with Gasteiger partial charge in [0.25, 0.3) is 0 Å². The van der Waals surface area contributed by atoms with Crippen LogP contribution in [0, 0.1) is 5.92 Å². The topological polar surface area (TPSA) is 85.0 Å². The fourth-order valence-electron chi connectivity index (χ4n) is 4.69. The van der Waals surface area contributed by atoms with E-state index in [1.807, 2.05) is 11.0 Å². The highest BCUT2D eigenvalue weighted by Crippen LogP contribution is 2.30. The first-order chi connectivity index (χ1) is 14.5. The lowest BCUT2D eigenvalue weighted by molar-refractivity contribution is -0.133. The summed E-state index contributed by atoms with van der Waals surface area (Å²) in [5.74, 6) is 0.383. The maximum atomic E-state index is 12.7. The Bertz CT molecular complexity index is 846. The molecule has 1 atom stereocenters. The third-order valence-electron chi connectivity index (χ3n) is 6.69. The number of para-hydroxylation sites is 1. The van der Waals surface area contributed by atoms with E-state index in [2.05, 4.69) is 26.8 Å². The van der Waals surface area contributed by atoms with Crippen molar-refractivity contribution >= 4 is 21.6 Å². The van der Waals surface area contributed by atoms with Crippen LogP contribution in [0.2, 0.25) is 0 Å². The first kappa shape index (κ1) is 21.5. The average Bonchev–Trinajstić information content (AvgIpc) is 2.77. The molecule has 0 saturated carbocycles. The Morgan fingerprint density at radius 3 is 2.40 bits per heavy atom. The molecule has 166 valence electrons. The number of sulfonamides is 1. The Morgan fingerprint density at radius 1 is 1.03 bits per heavy atom. The van der Waals surface area contributed by atoms with Crippen molar-refractivity contribution < 1.29 is 13.2 Å². The molecule has 9 heteroatoms. The van der Waals surface area contributed by atoms with Gasteiger partial charge in [-0.1, -0.05) is 19.1 Å². The lowest BCUT2D eigenvalue weighted by Gasteiger charge is -2.39. The summed E-state index contributed by atoms with van der Waals surface area (Å²) in [6.45, 7) is 9.75. The van der Waals surface area contributed by atoms with Crippen LogP contribution in [0.1, 0.15) is 26.2 Å². The van der Waals surface area contributed by atoms with E-state index in [4.69, 9.17) is 0 Å². The zero-order chi connectivity index (χ0) is 21.1. The molecule has 1 aromatic rings. The molecule has 0 spiro atoms. The second-order valence-corrected chi connectivity index (χ2v) is 10.2. The minimum Gasteiger partial charge on any atom is -0.368 e. The van der Waals surface area contributed by atoms with E-state index in [1.165, 1.54) is 0 Å².